The molecule has 4 atom stereocenters. The molecule has 0 N–H and O–H groups in total. The first-order valence-corrected chi connectivity index (χ1v) is 10.7. The number of hydrogen-bond donors (Lipinski definition) is 0. The Balaban J connectivity index is 1.38. The van der Waals surface area contributed by atoms with Gasteiger partial charge >= 0.3 is 5.69 Å². The number of rotatable bonds is 6. The lowest BCUT2D eigenvalue weighted by molar-refractivity contribution is -0.385. The number of imide groups is 1. The van der Waals surface area contributed by atoms with E-state index in [0.717, 1.165) is 11.4 Å². The smallest absolute Gasteiger partial charge is 0.313 e. The molecule has 1 heterocycles. The molecule has 8 nitrogen and oxygen atoms in total. The van der Waals surface area contributed by atoms with Gasteiger partial charge in [0.1, 0.15) is 12.4 Å². The molecule has 3 aliphatic rings. The normalized spacial score (nSPS) is 25.3. The highest BCUT2D eigenvalue weighted by atomic mass is 35.5. The first-order valence-electron chi connectivity index (χ1n) is 10.3. The van der Waals surface area contributed by atoms with Crippen LogP contribution in [0.1, 0.15) is 17.5 Å². The number of nitro groups is 1. The van der Waals surface area contributed by atoms with Crippen molar-refractivity contribution in [3.63, 3.8) is 0 Å². The summed E-state index contributed by atoms with van der Waals surface area (Å²) in [4.78, 5) is 36.4. The lowest BCUT2D eigenvalue weighted by atomic mass is 9.85. The van der Waals surface area contributed by atoms with Crippen molar-refractivity contribution in [1.29, 1.82) is 0 Å². The van der Waals surface area contributed by atoms with E-state index in [2.05, 4.69) is 5.10 Å². The van der Waals surface area contributed by atoms with Gasteiger partial charge in [0.15, 0.2) is 0 Å². The van der Waals surface area contributed by atoms with Crippen molar-refractivity contribution >= 4 is 35.3 Å². The lowest BCUT2D eigenvalue weighted by Gasteiger charge is -2.13. The predicted octanol–water partition coefficient (Wildman–Crippen LogP) is 4.11. The van der Waals surface area contributed by atoms with Crippen LogP contribution >= 0.6 is 11.6 Å². The largest absolute Gasteiger partial charge is 0.481 e. The molecule has 1 aliphatic heterocycles. The third-order valence-electron chi connectivity index (χ3n) is 6.34. The summed E-state index contributed by atoms with van der Waals surface area (Å²) in [5, 5.41) is 16.4. The van der Waals surface area contributed by atoms with Crippen molar-refractivity contribution in [1.82, 2.24) is 5.01 Å². The SMILES string of the molecule is O=C1C2C3C=CC(C3)C2C(=O)N1N=Cc1cc(Cl)c(OCc2ccccc2F)c([N+](=O)[O-])c1. The zero-order valence-electron chi connectivity index (χ0n) is 17.1. The van der Waals surface area contributed by atoms with Crippen molar-refractivity contribution < 1.29 is 23.6 Å². The van der Waals surface area contributed by atoms with Crippen molar-refractivity contribution in [2.24, 2.45) is 28.8 Å². The number of carbonyl (C=O) groups is 2. The highest BCUT2D eigenvalue weighted by molar-refractivity contribution is 6.32. The van der Waals surface area contributed by atoms with Crippen LogP contribution in [0.5, 0.6) is 5.75 Å². The van der Waals surface area contributed by atoms with Crippen LogP contribution in [-0.2, 0) is 16.2 Å². The summed E-state index contributed by atoms with van der Waals surface area (Å²) >= 11 is 6.22. The number of halogens is 2. The summed E-state index contributed by atoms with van der Waals surface area (Å²) in [6.45, 7) is -0.253. The summed E-state index contributed by atoms with van der Waals surface area (Å²) in [6, 6.07) is 8.43. The molecule has 2 aromatic carbocycles. The quantitative estimate of drug-likeness (QED) is 0.208. The molecule has 2 bridgehead atoms. The second kappa shape index (κ2) is 8.08. The Morgan fingerprint density at radius 1 is 1.18 bits per heavy atom. The topological polar surface area (TPSA) is 102 Å². The van der Waals surface area contributed by atoms with E-state index in [0.29, 0.717) is 0 Å². The minimum absolute atomic E-state index is 0.0538. The van der Waals surface area contributed by atoms with Gasteiger partial charge in [0.2, 0.25) is 5.75 Å². The maximum absolute atomic E-state index is 13.8. The highest BCUT2D eigenvalue weighted by Gasteiger charge is 2.59. The molecule has 1 saturated heterocycles. The molecule has 2 amide bonds. The van der Waals surface area contributed by atoms with E-state index in [1.165, 1.54) is 36.5 Å². The third-order valence-corrected chi connectivity index (χ3v) is 6.62. The molecular formula is C23H17ClFN3O5. The van der Waals surface area contributed by atoms with Crippen LogP contribution in [0, 0.1) is 39.6 Å². The molecular weight excluding hydrogens is 453 g/mol. The fraction of sp³-hybridized carbons (Fsp3) is 0.261. The Morgan fingerprint density at radius 2 is 1.85 bits per heavy atom. The van der Waals surface area contributed by atoms with Gasteiger partial charge in [-0.2, -0.15) is 10.1 Å². The number of hydrazone groups is 1. The fourth-order valence-electron chi connectivity index (χ4n) is 4.84. The Morgan fingerprint density at radius 3 is 2.48 bits per heavy atom. The van der Waals surface area contributed by atoms with E-state index in [-0.39, 0.29) is 52.2 Å². The molecule has 0 spiro atoms. The van der Waals surface area contributed by atoms with E-state index in [4.69, 9.17) is 16.3 Å². The monoisotopic (exact) mass is 469 g/mol. The summed E-state index contributed by atoms with van der Waals surface area (Å²) in [6.07, 6.45) is 5.95. The fourth-order valence-corrected chi connectivity index (χ4v) is 5.12. The molecule has 33 heavy (non-hydrogen) atoms. The van der Waals surface area contributed by atoms with E-state index in [9.17, 15) is 24.1 Å². The van der Waals surface area contributed by atoms with Gasteiger partial charge in [-0.3, -0.25) is 19.7 Å². The second-order valence-electron chi connectivity index (χ2n) is 8.22. The summed E-state index contributed by atoms with van der Waals surface area (Å²) in [5.74, 6) is -2.11. The number of allylic oxidation sites excluding steroid dienone is 2. The second-order valence-corrected chi connectivity index (χ2v) is 8.63. The number of benzene rings is 2. The number of nitro benzene ring substituents is 1. The lowest BCUT2D eigenvalue weighted by Crippen LogP contribution is -2.28. The summed E-state index contributed by atoms with van der Waals surface area (Å²) in [7, 11) is 0. The number of amides is 2. The van der Waals surface area contributed by atoms with Gasteiger partial charge < -0.3 is 4.74 Å². The Bertz CT molecular complexity index is 1220. The van der Waals surface area contributed by atoms with Gasteiger partial charge in [-0.25, -0.2) is 4.39 Å². The third kappa shape index (κ3) is 3.58. The zero-order chi connectivity index (χ0) is 23.3. The van der Waals surface area contributed by atoms with Gasteiger partial charge in [-0.05, 0) is 30.4 Å². The Kier molecular flexibility index (Phi) is 5.20. The standard InChI is InChI=1S/C23H17ClFN3O5/c24-16-7-12(8-18(28(31)32)21(16)33-11-15-3-1-2-4-17(15)25)10-26-27-22(29)19-13-5-6-14(9-13)20(19)23(27)30/h1-8,10,13-14,19-20H,9,11H2. The van der Waals surface area contributed by atoms with Gasteiger partial charge in [-0.15, -0.1) is 0 Å². The van der Waals surface area contributed by atoms with Crippen molar-refractivity contribution in [2.45, 2.75) is 13.0 Å². The predicted molar refractivity (Wildman–Crippen MR) is 116 cm³/mol. The van der Waals surface area contributed by atoms with E-state index in [1.807, 2.05) is 12.2 Å². The number of ether oxygens (including phenoxy) is 1. The van der Waals surface area contributed by atoms with Crippen LogP contribution in [0.25, 0.3) is 0 Å². The average Bonchev–Trinajstić information content (AvgIpc) is 3.46. The first kappa shape index (κ1) is 21.3. The van der Waals surface area contributed by atoms with Crippen LogP contribution < -0.4 is 4.74 Å². The van der Waals surface area contributed by atoms with Crippen LogP contribution in [0.3, 0.4) is 0 Å². The Labute approximate surface area is 192 Å². The Hall–Kier alpha value is -3.59. The minimum atomic E-state index is -0.681. The van der Waals surface area contributed by atoms with Gasteiger partial charge in [0.25, 0.3) is 11.8 Å². The van der Waals surface area contributed by atoms with Crippen molar-refractivity contribution in [2.75, 3.05) is 0 Å². The van der Waals surface area contributed by atoms with Crippen molar-refractivity contribution in [3.8, 4) is 5.75 Å². The van der Waals surface area contributed by atoms with E-state index >= 15 is 0 Å². The molecule has 10 heteroatoms. The van der Waals surface area contributed by atoms with E-state index < -0.39 is 28.3 Å². The maximum Gasteiger partial charge on any atom is 0.313 e. The molecule has 0 radical (unpaired) electrons. The summed E-state index contributed by atoms with van der Waals surface area (Å²) in [5.41, 5.74) is -0.0178. The summed E-state index contributed by atoms with van der Waals surface area (Å²) < 4.78 is 19.3. The van der Waals surface area contributed by atoms with Gasteiger partial charge in [-0.1, -0.05) is 42.0 Å². The molecule has 2 aromatic rings. The molecule has 1 saturated carbocycles. The zero-order valence-corrected chi connectivity index (χ0v) is 17.8. The number of carbonyl (C=O) groups excluding carboxylic acids is 2. The molecule has 2 aliphatic carbocycles. The van der Waals surface area contributed by atoms with Gasteiger partial charge in [0.05, 0.1) is 28.0 Å². The van der Waals surface area contributed by atoms with Crippen LogP contribution in [0.15, 0.2) is 53.7 Å². The number of nitrogens with zero attached hydrogens (tertiary/aromatic N) is 3. The van der Waals surface area contributed by atoms with Crippen LogP contribution in [0.4, 0.5) is 10.1 Å². The molecule has 4 unspecified atom stereocenters. The minimum Gasteiger partial charge on any atom is -0.481 e. The van der Waals surface area contributed by atoms with E-state index in [1.54, 1.807) is 6.07 Å². The number of hydrogen-bond acceptors (Lipinski definition) is 6. The first-order chi connectivity index (χ1) is 15.8. The van der Waals surface area contributed by atoms with Crippen LogP contribution in [-0.4, -0.2) is 28.0 Å². The molecule has 0 aromatic heterocycles. The molecule has 2 fully saturated rings. The van der Waals surface area contributed by atoms with Crippen LogP contribution in [0.2, 0.25) is 5.02 Å². The maximum atomic E-state index is 13.8. The van der Waals surface area contributed by atoms with Gasteiger partial charge in [0, 0.05) is 17.2 Å². The number of fused-ring (bicyclic) bond motifs is 5. The highest BCUT2D eigenvalue weighted by Crippen LogP contribution is 2.52. The average molecular weight is 470 g/mol. The van der Waals surface area contributed by atoms with Crippen molar-refractivity contribution in [3.05, 3.63) is 80.6 Å². The molecule has 5 rings (SSSR count). The molecule has 168 valence electrons.